The highest BCUT2D eigenvalue weighted by atomic mass is 16.2. The second-order valence-corrected chi connectivity index (χ2v) is 6.05. The highest BCUT2D eigenvalue weighted by Crippen LogP contribution is 2.19. The number of carbonyl (C=O) groups is 1. The first-order valence-corrected chi connectivity index (χ1v) is 8.21. The summed E-state index contributed by atoms with van der Waals surface area (Å²) in [5, 5.41) is 11.2. The van der Waals surface area contributed by atoms with E-state index in [9.17, 15) is 4.79 Å². The number of nitrogens with one attached hydrogen (secondary N) is 1. The molecule has 0 unspecified atom stereocenters. The zero-order valence-corrected chi connectivity index (χ0v) is 13.3. The maximum atomic E-state index is 11.9. The predicted octanol–water partition coefficient (Wildman–Crippen LogP) is 0.485. The van der Waals surface area contributed by atoms with Gasteiger partial charge in [-0.05, 0) is 31.0 Å². The summed E-state index contributed by atoms with van der Waals surface area (Å²) in [6.45, 7) is 3.30. The van der Waals surface area contributed by atoms with Crippen molar-refractivity contribution in [3.8, 4) is 0 Å². The molecule has 0 bridgehead atoms. The van der Waals surface area contributed by atoms with Gasteiger partial charge in [-0.3, -0.25) is 4.79 Å². The van der Waals surface area contributed by atoms with Gasteiger partial charge in [-0.15, -0.1) is 10.2 Å². The molecule has 1 amide bonds. The Kier molecular flexibility index (Phi) is 3.94. The van der Waals surface area contributed by atoms with Gasteiger partial charge in [0.1, 0.15) is 0 Å². The van der Waals surface area contributed by atoms with E-state index >= 15 is 0 Å². The molecule has 124 valence electrons. The average Bonchev–Trinajstić information content (AvgIpc) is 3.47. The molecule has 1 N–H and O–H groups in total. The molecular weight excluding hydrogens is 306 g/mol. The van der Waals surface area contributed by atoms with Crippen LogP contribution in [0.3, 0.4) is 0 Å². The number of aromatic nitrogens is 4. The number of hydrogen-bond acceptors (Lipinski definition) is 7. The normalized spacial score (nSPS) is 17.7. The van der Waals surface area contributed by atoms with Crippen LogP contribution in [0.4, 0.5) is 11.8 Å². The molecule has 4 rings (SSSR count). The van der Waals surface area contributed by atoms with E-state index in [4.69, 9.17) is 0 Å². The number of piperazine rings is 1. The Morgan fingerprint density at radius 2 is 1.71 bits per heavy atom. The second-order valence-electron chi connectivity index (χ2n) is 6.05. The van der Waals surface area contributed by atoms with Crippen molar-refractivity contribution in [3.63, 3.8) is 0 Å². The highest BCUT2D eigenvalue weighted by molar-refractivity contribution is 5.92. The van der Waals surface area contributed by atoms with Crippen molar-refractivity contribution in [2.75, 3.05) is 36.0 Å². The summed E-state index contributed by atoms with van der Waals surface area (Å²) in [4.78, 5) is 24.8. The van der Waals surface area contributed by atoms with Crippen molar-refractivity contribution < 1.29 is 4.79 Å². The van der Waals surface area contributed by atoms with Crippen LogP contribution in [0.2, 0.25) is 0 Å². The van der Waals surface area contributed by atoms with Gasteiger partial charge in [0.05, 0.1) is 0 Å². The molecule has 1 aliphatic heterocycles. The molecule has 0 spiro atoms. The lowest BCUT2D eigenvalue weighted by atomic mass is 10.3. The Labute approximate surface area is 139 Å². The van der Waals surface area contributed by atoms with E-state index in [1.807, 2.05) is 12.1 Å². The van der Waals surface area contributed by atoms with Crippen LogP contribution in [0.15, 0.2) is 30.6 Å². The summed E-state index contributed by atoms with van der Waals surface area (Å²) >= 11 is 0. The minimum Gasteiger partial charge on any atom is -0.352 e. The molecule has 2 aliphatic rings. The summed E-state index contributed by atoms with van der Waals surface area (Å²) in [6, 6.07) is 5.75. The van der Waals surface area contributed by atoms with Crippen molar-refractivity contribution in [3.05, 3.63) is 36.3 Å². The quantitative estimate of drug-likeness (QED) is 0.875. The third-order valence-electron chi connectivity index (χ3n) is 4.23. The van der Waals surface area contributed by atoms with Crippen molar-refractivity contribution >= 4 is 17.7 Å². The van der Waals surface area contributed by atoms with Crippen molar-refractivity contribution in [1.29, 1.82) is 0 Å². The largest absolute Gasteiger partial charge is 0.352 e. The van der Waals surface area contributed by atoms with Crippen LogP contribution >= 0.6 is 0 Å². The minimum absolute atomic E-state index is 0.136. The molecule has 1 saturated carbocycles. The molecule has 8 heteroatoms. The standard InChI is InChI=1S/C16H19N7O/c24-15(19-12-2-3-12)13-4-5-14(21-20-13)22-8-10-23(11-9-22)16-17-6-1-7-18-16/h1,4-7,12H,2-3,8-11H2,(H,19,24). The molecule has 8 nitrogen and oxygen atoms in total. The van der Waals surface area contributed by atoms with E-state index < -0.39 is 0 Å². The summed E-state index contributed by atoms with van der Waals surface area (Å²) < 4.78 is 0. The van der Waals surface area contributed by atoms with Crippen molar-refractivity contribution in [2.24, 2.45) is 0 Å². The molecular formula is C16H19N7O. The van der Waals surface area contributed by atoms with Gasteiger partial charge in [0.25, 0.3) is 5.91 Å². The second kappa shape index (κ2) is 6.38. The molecule has 2 fully saturated rings. The SMILES string of the molecule is O=C(NC1CC1)c1ccc(N2CCN(c3ncccn3)CC2)nn1. The van der Waals surface area contributed by atoms with Gasteiger partial charge in [0, 0.05) is 44.6 Å². The molecule has 1 aliphatic carbocycles. The lowest BCUT2D eigenvalue weighted by Crippen LogP contribution is -2.47. The number of hydrogen-bond donors (Lipinski definition) is 1. The Morgan fingerprint density at radius 3 is 2.33 bits per heavy atom. The lowest BCUT2D eigenvalue weighted by molar-refractivity contribution is 0.0945. The van der Waals surface area contributed by atoms with Crippen LogP contribution in [0.1, 0.15) is 23.3 Å². The number of nitrogens with zero attached hydrogens (tertiary/aromatic N) is 6. The molecule has 0 atom stereocenters. The molecule has 0 radical (unpaired) electrons. The topological polar surface area (TPSA) is 87.1 Å². The maximum absolute atomic E-state index is 11.9. The van der Waals surface area contributed by atoms with E-state index in [2.05, 4.69) is 35.3 Å². The van der Waals surface area contributed by atoms with Crippen molar-refractivity contribution in [1.82, 2.24) is 25.5 Å². The third kappa shape index (κ3) is 3.27. The lowest BCUT2D eigenvalue weighted by Gasteiger charge is -2.35. The summed E-state index contributed by atoms with van der Waals surface area (Å²) in [7, 11) is 0. The zero-order valence-electron chi connectivity index (χ0n) is 13.3. The first-order chi connectivity index (χ1) is 11.8. The van der Waals surface area contributed by atoms with Gasteiger partial charge in [0.15, 0.2) is 11.5 Å². The van der Waals surface area contributed by atoms with Gasteiger partial charge < -0.3 is 15.1 Å². The molecule has 1 saturated heterocycles. The highest BCUT2D eigenvalue weighted by Gasteiger charge is 2.25. The molecule has 2 aromatic heterocycles. The Bertz CT molecular complexity index is 694. The fourth-order valence-electron chi connectivity index (χ4n) is 2.69. The van der Waals surface area contributed by atoms with Crippen LogP contribution < -0.4 is 15.1 Å². The number of anilines is 2. The van der Waals surface area contributed by atoms with Gasteiger partial charge >= 0.3 is 0 Å². The summed E-state index contributed by atoms with van der Waals surface area (Å²) in [6.07, 6.45) is 5.64. The Hall–Kier alpha value is -2.77. The smallest absolute Gasteiger partial charge is 0.272 e. The van der Waals surface area contributed by atoms with Gasteiger partial charge in [0.2, 0.25) is 5.95 Å². The van der Waals surface area contributed by atoms with Crippen LogP contribution in [0.25, 0.3) is 0 Å². The predicted molar refractivity (Wildman–Crippen MR) is 89.0 cm³/mol. The van der Waals surface area contributed by atoms with Crippen LogP contribution in [0.5, 0.6) is 0 Å². The van der Waals surface area contributed by atoms with Gasteiger partial charge in [-0.2, -0.15) is 0 Å². The minimum atomic E-state index is -0.136. The average molecular weight is 325 g/mol. The third-order valence-corrected chi connectivity index (χ3v) is 4.23. The van der Waals surface area contributed by atoms with Crippen LogP contribution in [-0.4, -0.2) is 58.3 Å². The van der Waals surface area contributed by atoms with E-state index in [1.165, 1.54) is 0 Å². The molecule has 3 heterocycles. The van der Waals surface area contributed by atoms with E-state index in [-0.39, 0.29) is 5.91 Å². The summed E-state index contributed by atoms with van der Waals surface area (Å²) in [5.41, 5.74) is 0.377. The summed E-state index contributed by atoms with van der Waals surface area (Å²) in [5.74, 6) is 1.42. The monoisotopic (exact) mass is 325 g/mol. The Balaban J connectivity index is 1.36. The van der Waals surface area contributed by atoms with E-state index in [0.29, 0.717) is 11.7 Å². The molecule has 0 aromatic carbocycles. The number of amides is 1. The van der Waals surface area contributed by atoms with Crippen LogP contribution in [-0.2, 0) is 0 Å². The number of rotatable bonds is 4. The number of carbonyl (C=O) groups excluding carboxylic acids is 1. The van der Waals surface area contributed by atoms with E-state index in [0.717, 1.165) is 50.8 Å². The first kappa shape index (κ1) is 14.8. The van der Waals surface area contributed by atoms with Crippen molar-refractivity contribution in [2.45, 2.75) is 18.9 Å². The van der Waals surface area contributed by atoms with Gasteiger partial charge in [-0.25, -0.2) is 9.97 Å². The van der Waals surface area contributed by atoms with Crippen LogP contribution in [0, 0.1) is 0 Å². The molecule has 24 heavy (non-hydrogen) atoms. The van der Waals surface area contributed by atoms with E-state index in [1.54, 1.807) is 18.5 Å². The van der Waals surface area contributed by atoms with Gasteiger partial charge in [-0.1, -0.05) is 0 Å². The zero-order chi connectivity index (χ0) is 16.4. The first-order valence-electron chi connectivity index (χ1n) is 8.21. The molecule has 2 aromatic rings. The fraction of sp³-hybridized carbons (Fsp3) is 0.438. The maximum Gasteiger partial charge on any atom is 0.272 e. The fourth-order valence-corrected chi connectivity index (χ4v) is 2.69. The Morgan fingerprint density at radius 1 is 1.00 bits per heavy atom.